The lowest BCUT2D eigenvalue weighted by atomic mass is 9.90. The fourth-order valence-electron chi connectivity index (χ4n) is 2.89. The molecule has 0 aromatic rings. The lowest BCUT2D eigenvalue weighted by molar-refractivity contribution is 0.379. The van der Waals surface area contributed by atoms with Crippen LogP contribution in [-0.4, -0.2) is 5.75 Å². The molecule has 0 aromatic heterocycles. The van der Waals surface area contributed by atoms with E-state index in [4.69, 9.17) is 0 Å². The Morgan fingerprint density at radius 1 is 0.579 bits per heavy atom. The monoisotopic (exact) mass is 286 g/mol. The highest BCUT2D eigenvalue weighted by Gasteiger charge is 2.07. The molecule has 0 saturated carbocycles. The minimum atomic E-state index is 0.996. The Kier molecular flexibility index (Phi) is 16.7. The van der Waals surface area contributed by atoms with Crippen LogP contribution in [0.1, 0.15) is 104 Å². The fourth-order valence-corrected chi connectivity index (χ4v) is 3.07. The molecule has 0 rings (SSSR count). The van der Waals surface area contributed by atoms with Gasteiger partial charge in [-0.2, -0.15) is 12.6 Å². The molecular formula is C18H38S. The number of thiol groups is 1. The molecule has 19 heavy (non-hydrogen) atoms. The van der Waals surface area contributed by atoms with Crippen LogP contribution in [0.25, 0.3) is 0 Å². The standard InChI is InChI=1S/C18H38S/c1-3-5-7-9-11-14-18(16-13-17-19)15-12-10-8-6-4-2/h18-19H,3-17H2,1-2H3. The molecule has 0 spiro atoms. The van der Waals surface area contributed by atoms with E-state index < -0.39 is 0 Å². The molecule has 0 fully saturated rings. The zero-order chi connectivity index (χ0) is 14.2. The van der Waals surface area contributed by atoms with Crippen molar-refractivity contribution in [3.63, 3.8) is 0 Å². The minimum Gasteiger partial charge on any atom is -0.179 e. The first-order valence-corrected chi connectivity index (χ1v) is 9.59. The lowest BCUT2D eigenvalue weighted by Crippen LogP contribution is -2.02. The third kappa shape index (κ3) is 14.6. The van der Waals surface area contributed by atoms with Gasteiger partial charge in [0.25, 0.3) is 0 Å². The maximum atomic E-state index is 4.37. The van der Waals surface area contributed by atoms with Crippen LogP contribution in [0.2, 0.25) is 0 Å². The summed E-state index contributed by atoms with van der Waals surface area (Å²) in [6.45, 7) is 4.59. The van der Waals surface area contributed by atoms with E-state index in [0.717, 1.165) is 11.7 Å². The first-order valence-electron chi connectivity index (χ1n) is 8.96. The van der Waals surface area contributed by atoms with Crippen molar-refractivity contribution in [2.45, 2.75) is 104 Å². The Balaban J connectivity index is 3.57. The Hall–Kier alpha value is 0.350. The topological polar surface area (TPSA) is 0 Å². The van der Waals surface area contributed by atoms with Crippen LogP contribution in [0.15, 0.2) is 0 Å². The molecule has 0 saturated heterocycles. The van der Waals surface area contributed by atoms with Gasteiger partial charge in [0.1, 0.15) is 0 Å². The number of rotatable bonds is 15. The third-order valence-electron chi connectivity index (χ3n) is 4.20. The minimum absolute atomic E-state index is 0.996. The second kappa shape index (κ2) is 16.4. The average Bonchev–Trinajstić information content (AvgIpc) is 2.43. The molecule has 0 amide bonds. The highest BCUT2D eigenvalue weighted by molar-refractivity contribution is 7.80. The summed E-state index contributed by atoms with van der Waals surface area (Å²) in [4.78, 5) is 0. The number of hydrogen-bond donors (Lipinski definition) is 1. The summed E-state index contributed by atoms with van der Waals surface area (Å²) in [6.07, 6.45) is 20.0. The van der Waals surface area contributed by atoms with Gasteiger partial charge < -0.3 is 0 Å². The molecule has 1 heteroatoms. The molecule has 0 atom stereocenters. The van der Waals surface area contributed by atoms with E-state index in [0.29, 0.717) is 0 Å². The summed E-state index contributed by atoms with van der Waals surface area (Å²) in [7, 11) is 0. The van der Waals surface area contributed by atoms with Gasteiger partial charge in [-0.1, -0.05) is 90.9 Å². The van der Waals surface area contributed by atoms with E-state index in [1.54, 1.807) is 0 Å². The van der Waals surface area contributed by atoms with Crippen molar-refractivity contribution >= 4 is 12.6 Å². The van der Waals surface area contributed by atoms with E-state index in [1.807, 2.05) is 0 Å². The molecule has 0 nitrogen and oxygen atoms in total. The Bertz CT molecular complexity index is 142. The van der Waals surface area contributed by atoms with Crippen molar-refractivity contribution in [2.75, 3.05) is 5.75 Å². The van der Waals surface area contributed by atoms with Gasteiger partial charge in [-0.25, -0.2) is 0 Å². The van der Waals surface area contributed by atoms with Gasteiger partial charge in [0.2, 0.25) is 0 Å². The van der Waals surface area contributed by atoms with Crippen molar-refractivity contribution in [1.82, 2.24) is 0 Å². The summed E-state index contributed by atoms with van der Waals surface area (Å²) >= 11 is 4.37. The normalized spacial score (nSPS) is 11.4. The van der Waals surface area contributed by atoms with Crippen LogP contribution in [0.5, 0.6) is 0 Å². The highest BCUT2D eigenvalue weighted by atomic mass is 32.1. The lowest BCUT2D eigenvalue weighted by Gasteiger charge is -2.16. The van der Waals surface area contributed by atoms with E-state index in [1.165, 1.54) is 89.9 Å². The first-order chi connectivity index (χ1) is 9.35. The highest BCUT2D eigenvalue weighted by Crippen LogP contribution is 2.23. The molecule has 0 aromatic carbocycles. The molecule has 0 aliphatic heterocycles. The predicted octanol–water partition coefficient (Wildman–Crippen LogP) is 7.03. The smallest absolute Gasteiger partial charge is 0.00978 e. The van der Waals surface area contributed by atoms with Crippen molar-refractivity contribution in [3.05, 3.63) is 0 Å². The zero-order valence-corrected chi connectivity index (χ0v) is 14.5. The van der Waals surface area contributed by atoms with Gasteiger partial charge in [0, 0.05) is 0 Å². The quantitative estimate of drug-likeness (QED) is 0.242. The van der Waals surface area contributed by atoms with Crippen molar-refractivity contribution in [1.29, 1.82) is 0 Å². The van der Waals surface area contributed by atoms with Crippen LogP contribution in [0.3, 0.4) is 0 Å². The van der Waals surface area contributed by atoms with Gasteiger partial charge in [-0.3, -0.25) is 0 Å². The maximum Gasteiger partial charge on any atom is -0.00978 e. The van der Waals surface area contributed by atoms with Gasteiger partial charge in [0.15, 0.2) is 0 Å². The van der Waals surface area contributed by atoms with Crippen molar-refractivity contribution in [2.24, 2.45) is 5.92 Å². The van der Waals surface area contributed by atoms with Crippen molar-refractivity contribution < 1.29 is 0 Å². The predicted molar refractivity (Wildman–Crippen MR) is 93.3 cm³/mol. The van der Waals surface area contributed by atoms with E-state index in [9.17, 15) is 0 Å². The largest absolute Gasteiger partial charge is 0.179 e. The molecular weight excluding hydrogens is 248 g/mol. The van der Waals surface area contributed by atoms with E-state index in [-0.39, 0.29) is 0 Å². The second-order valence-corrected chi connectivity index (χ2v) is 6.58. The SMILES string of the molecule is CCCCCCCC(CCCS)CCCCCCC. The molecule has 0 radical (unpaired) electrons. The van der Waals surface area contributed by atoms with E-state index >= 15 is 0 Å². The summed E-state index contributed by atoms with van der Waals surface area (Å²) in [6, 6.07) is 0. The number of hydrogen-bond acceptors (Lipinski definition) is 1. The van der Waals surface area contributed by atoms with Crippen LogP contribution < -0.4 is 0 Å². The summed E-state index contributed by atoms with van der Waals surface area (Å²) in [5, 5.41) is 0. The van der Waals surface area contributed by atoms with Crippen molar-refractivity contribution in [3.8, 4) is 0 Å². The summed E-state index contributed by atoms with van der Waals surface area (Å²) in [5.41, 5.74) is 0. The molecule has 0 bridgehead atoms. The molecule has 0 N–H and O–H groups in total. The Morgan fingerprint density at radius 2 is 1.00 bits per heavy atom. The second-order valence-electron chi connectivity index (χ2n) is 6.14. The summed E-state index contributed by atoms with van der Waals surface area (Å²) < 4.78 is 0. The van der Waals surface area contributed by atoms with Crippen LogP contribution in [-0.2, 0) is 0 Å². The van der Waals surface area contributed by atoms with Crippen LogP contribution in [0, 0.1) is 5.92 Å². The molecule has 0 unspecified atom stereocenters. The zero-order valence-electron chi connectivity index (χ0n) is 13.6. The molecule has 0 heterocycles. The van der Waals surface area contributed by atoms with E-state index in [2.05, 4.69) is 26.5 Å². The fraction of sp³-hybridized carbons (Fsp3) is 1.00. The van der Waals surface area contributed by atoms with Gasteiger partial charge >= 0.3 is 0 Å². The summed E-state index contributed by atoms with van der Waals surface area (Å²) in [5.74, 6) is 2.07. The van der Waals surface area contributed by atoms with Crippen LogP contribution >= 0.6 is 12.6 Å². The Morgan fingerprint density at radius 3 is 1.42 bits per heavy atom. The van der Waals surface area contributed by atoms with Gasteiger partial charge in [0.05, 0.1) is 0 Å². The molecule has 116 valence electrons. The third-order valence-corrected chi connectivity index (χ3v) is 4.52. The molecule has 0 aliphatic rings. The maximum absolute atomic E-state index is 4.37. The van der Waals surface area contributed by atoms with Gasteiger partial charge in [-0.05, 0) is 24.5 Å². The Labute approximate surface area is 128 Å². The number of unbranched alkanes of at least 4 members (excludes halogenated alkanes) is 8. The van der Waals surface area contributed by atoms with Crippen LogP contribution in [0.4, 0.5) is 0 Å². The first kappa shape index (κ1) is 19.4. The average molecular weight is 287 g/mol. The molecule has 0 aliphatic carbocycles. The van der Waals surface area contributed by atoms with Gasteiger partial charge in [-0.15, -0.1) is 0 Å².